The molecule has 0 spiro atoms. The Morgan fingerprint density at radius 1 is 1.38 bits per heavy atom. The molecule has 0 saturated carbocycles. The highest BCUT2D eigenvalue weighted by Gasteiger charge is 2.35. The van der Waals surface area contributed by atoms with Crippen LogP contribution in [-0.2, 0) is 4.79 Å². The third-order valence-corrected chi connectivity index (χ3v) is 6.22. The molecule has 0 radical (unpaired) electrons. The number of likely N-dealkylation sites (tertiary alicyclic amines) is 1. The average Bonchev–Trinajstić information content (AvgIpc) is 3.09. The quantitative estimate of drug-likeness (QED) is 0.326. The Labute approximate surface area is 160 Å². The number of halogens is 1. The predicted molar refractivity (Wildman–Crippen MR) is 113 cm³/mol. The first-order valence-corrected chi connectivity index (χ1v) is 9.98. The van der Waals surface area contributed by atoms with Crippen LogP contribution in [0.5, 0.6) is 0 Å². The van der Waals surface area contributed by atoms with Crippen LogP contribution < -0.4 is 10.2 Å². The number of hydrogen-bond acceptors (Lipinski definition) is 3. The number of alkyl halides is 1. The van der Waals surface area contributed by atoms with E-state index in [2.05, 4.69) is 79.8 Å². The summed E-state index contributed by atoms with van der Waals surface area (Å²) in [6.45, 7) is 9.42. The van der Waals surface area contributed by atoms with Gasteiger partial charge >= 0.3 is 0 Å². The lowest BCUT2D eigenvalue weighted by molar-refractivity contribution is -0.125. The van der Waals surface area contributed by atoms with Gasteiger partial charge in [-0.2, -0.15) is 0 Å². The Morgan fingerprint density at radius 2 is 2.17 bits per heavy atom. The first-order chi connectivity index (χ1) is 11.3. The molecule has 0 bridgehead atoms. The summed E-state index contributed by atoms with van der Waals surface area (Å²) in [5, 5.41) is 3.65. The lowest BCUT2D eigenvalue weighted by Crippen LogP contribution is -2.39. The maximum absolute atomic E-state index is 11.8. The Balaban J connectivity index is 1.69. The van der Waals surface area contributed by atoms with E-state index in [-0.39, 0.29) is 14.6 Å². The number of nitrogens with one attached hydrogen (secondary N) is 1. The number of amides is 1. The second-order valence-corrected chi connectivity index (χ2v) is 11.6. The van der Waals surface area contributed by atoms with Gasteiger partial charge in [0.15, 0.2) is 0 Å². The summed E-state index contributed by atoms with van der Waals surface area (Å²) in [5.41, 5.74) is 2.30. The lowest BCUT2D eigenvalue weighted by Gasteiger charge is -2.28. The van der Waals surface area contributed by atoms with Gasteiger partial charge < -0.3 is 15.1 Å². The number of nitrogens with zero attached hydrogens (tertiary/aromatic N) is 2. The second kappa shape index (κ2) is 6.83. The van der Waals surface area contributed by atoms with E-state index in [9.17, 15) is 4.79 Å². The summed E-state index contributed by atoms with van der Waals surface area (Å²) in [6.07, 6.45) is 3.54. The van der Waals surface area contributed by atoms with Gasteiger partial charge in [0.25, 0.3) is 0 Å². The molecule has 2 heterocycles. The van der Waals surface area contributed by atoms with Gasteiger partial charge in [0.2, 0.25) is 5.91 Å². The van der Waals surface area contributed by atoms with Crippen molar-refractivity contribution in [1.29, 1.82) is 0 Å². The van der Waals surface area contributed by atoms with Crippen molar-refractivity contribution in [3.8, 4) is 0 Å². The molecule has 1 aromatic rings. The molecule has 0 aliphatic carbocycles. The summed E-state index contributed by atoms with van der Waals surface area (Å²) >= 11 is 2.53. The number of anilines is 2. The molecule has 3 rings (SSSR count). The summed E-state index contributed by atoms with van der Waals surface area (Å²) < 4.78 is 0.282. The molecule has 3 unspecified atom stereocenters. The highest BCUT2D eigenvalue weighted by atomic mass is 127. The third-order valence-electron chi connectivity index (χ3n) is 4.87. The van der Waals surface area contributed by atoms with Gasteiger partial charge in [0, 0.05) is 37.6 Å². The summed E-state index contributed by atoms with van der Waals surface area (Å²) in [5.74, 6) is 0.0187. The van der Waals surface area contributed by atoms with Crippen LogP contribution in [-0.4, -0.2) is 45.7 Å². The maximum atomic E-state index is 11.8. The van der Waals surface area contributed by atoms with Gasteiger partial charge in [-0.3, -0.25) is 4.79 Å². The fourth-order valence-electron chi connectivity index (χ4n) is 3.53. The minimum absolute atomic E-state index is 0.0187. The minimum Gasteiger partial charge on any atom is -0.378 e. The lowest BCUT2D eigenvalue weighted by atomic mass is 10.0. The predicted octanol–water partition coefficient (Wildman–Crippen LogP) is 3.49. The molecular formula is C18H25IN3OP. The normalized spacial score (nSPS) is 29.8. The van der Waals surface area contributed by atoms with Gasteiger partial charge in [-0.05, 0) is 44.0 Å². The van der Waals surface area contributed by atoms with Crippen molar-refractivity contribution in [2.45, 2.75) is 28.5 Å². The standard InChI is InChI=1S/C18H25IN3OP/c1-3-16(23)22-9-7-17(2,12-22)20-14-5-4-6-15(11-14)21-10-8-18(19,24)13-21/h3-6,11,20H,1,7-10,12-13,24H2,2H3. The van der Waals surface area contributed by atoms with E-state index in [0.29, 0.717) is 6.54 Å². The molecule has 2 saturated heterocycles. The van der Waals surface area contributed by atoms with E-state index in [1.165, 1.54) is 18.2 Å². The third kappa shape index (κ3) is 4.05. The minimum atomic E-state index is -0.0874. The van der Waals surface area contributed by atoms with Gasteiger partial charge in [-0.25, -0.2) is 0 Å². The largest absolute Gasteiger partial charge is 0.378 e. The van der Waals surface area contributed by atoms with Gasteiger partial charge in [0.05, 0.1) is 8.70 Å². The van der Waals surface area contributed by atoms with E-state index in [4.69, 9.17) is 0 Å². The molecule has 2 fully saturated rings. The number of benzene rings is 1. The van der Waals surface area contributed by atoms with Crippen molar-refractivity contribution in [3.05, 3.63) is 36.9 Å². The summed E-state index contributed by atoms with van der Waals surface area (Å²) in [7, 11) is 2.97. The highest BCUT2D eigenvalue weighted by molar-refractivity contribution is 14.1. The van der Waals surface area contributed by atoms with Crippen LogP contribution in [0.4, 0.5) is 11.4 Å². The van der Waals surface area contributed by atoms with Crippen LogP contribution in [0.25, 0.3) is 0 Å². The van der Waals surface area contributed by atoms with E-state index >= 15 is 0 Å². The fourth-order valence-corrected chi connectivity index (χ4v) is 4.53. The van der Waals surface area contributed by atoms with Crippen molar-refractivity contribution in [3.63, 3.8) is 0 Å². The van der Waals surface area contributed by atoms with Crippen molar-refractivity contribution in [1.82, 2.24) is 4.90 Å². The Morgan fingerprint density at radius 3 is 2.83 bits per heavy atom. The van der Waals surface area contributed by atoms with Crippen LogP contribution in [0.3, 0.4) is 0 Å². The molecule has 6 heteroatoms. The molecule has 2 aliphatic heterocycles. The summed E-state index contributed by atoms with van der Waals surface area (Å²) in [4.78, 5) is 16.1. The Hall–Kier alpha value is -0.810. The second-order valence-electron chi connectivity index (χ2n) is 7.16. The Bertz CT molecular complexity index is 651. The van der Waals surface area contributed by atoms with Crippen molar-refractivity contribution < 1.29 is 4.79 Å². The number of rotatable bonds is 4. The zero-order valence-corrected chi connectivity index (χ0v) is 17.4. The van der Waals surface area contributed by atoms with Crippen LogP contribution in [0.15, 0.2) is 36.9 Å². The smallest absolute Gasteiger partial charge is 0.246 e. The highest BCUT2D eigenvalue weighted by Crippen LogP contribution is 2.39. The van der Waals surface area contributed by atoms with Crippen molar-refractivity contribution in [2.75, 3.05) is 36.4 Å². The molecule has 1 amide bonds. The molecule has 2 aliphatic rings. The first-order valence-electron chi connectivity index (χ1n) is 8.33. The molecule has 1 aromatic carbocycles. The SMILES string of the molecule is C=CC(=O)N1CCC(C)(Nc2cccc(N3CCC(P)(I)C3)c2)C1. The van der Waals surface area contributed by atoms with Gasteiger partial charge in [-0.1, -0.05) is 35.2 Å². The average molecular weight is 457 g/mol. The van der Waals surface area contributed by atoms with Crippen LogP contribution >= 0.6 is 31.8 Å². The maximum Gasteiger partial charge on any atom is 0.246 e. The summed E-state index contributed by atoms with van der Waals surface area (Å²) in [6, 6.07) is 8.63. The number of hydrogen-bond donors (Lipinski definition) is 1. The molecule has 0 aromatic heterocycles. The molecule has 130 valence electrons. The molecule has 3 atom stereocenters. The Kier molecular flexibility index (Phi) is 5.12. The van der Waals surface area contributed by atoms with Crippen molar-refractivity contribution >= 4 is 49.1 Å². The van der Waals surface area contributed by atoms with E-state index in [1.54, 1.807) is 0 Å². The zero-order valence-electron chi connectivity index (χ0n) is 14.1. The van der Waals surface area contributed by atoms with Crippen molar-refractivity contribution in [2.24, 2.45) is 0 Å². The van der Waals surface area contributed by atoms with Gasteiger partial charge in [0.1, 0.15) is 0 Å². The van der Waals surface area contributed by atoms with E-state index in [0.717, 1.165) is 31.7 Å². The van der Waals surface area contributed by atoms with Crippen LogP contribution in [0.2, 0.25) is 0 Å². The van der Waals surface area contributed by atoms with E-state index < -0.39 is 0 Å². The zero-order chi connectivity index (χ0) is 17.4. The van der Waals surface area contributed by atoms with Gasteiger partial charge in [-0.15, -0.1) is 9.24 Å². The fraction of sp³-hybridized carbons (Fsp3) is 0.500. The monoisotopic (exact) mass is 457 g/mol. The van der Waals surface area contributed by atoms with Crippen LogP contribution in [0, 0.1) is 0 Å². The topological polar surface area (TPSA) is 35.6 Å². The molecular weight excluding hydrogens is 432 g/mol. The molecule has 4 nitrogen and oxygen atoms in total. The molecule has 24 heavy (non-hydrogen) atoms. The van der Waals surface area contributed by atoms with E-state index in [1.807, 2.05) is 4.90 Å². The molecule has 1 N–H and O–H groups in total. The number of carbonyl (C=O) groups is 1. The van der Waals surface area contributed by atoms with Crippen LogP contribution in [0.1, 0.15) is 19.8 Å². The number of carbonyl (C=O) groups excluding carboxylic acids is 1. The first kappa shape index (κ1) is 18.0.